The molecule has 0 aliphatic heterocycles. The van der Waals surface area contributed by atoms with Crippen LogP contribution in [0.5, 0.6) is 0 Å². The van der Waals surface area contributed by atoms with E-state index in [2.05, 4.69) is 20.6 Å². The van der Waals surface area contributed by atoms with Gasteiger partial charge in [0.2, 0.25) is 0 Å². The minimum absolute atomic E-state index is 0.139. The molecule has 5 nitrogen and oxygen atoms in total. The number of amides is 1. The molecule has 1 amide bonds. The van der Waals surface area contributed by atoms with Crippen molar-refractivity contribution in [1.82, 2.24) is 9.97 Å². The van der Waals surface area contributed by atoms with Gasteiger partial charge in [-0.05, 0) is 49.9 Å². The zero-order valence-corrected chi connectivity index (χ0v) is 12.2. The Bertz CT molecular complexity index is 690. The molecular weight excluding hydrogens is 276 g/mol. The monoisotopic (exact) mass is 294 g/mol. The summed E-state index contributed by atoms with van der Waals surface area (Å²) in [6.45, 7) is 0. The van der Waals surface area contributed by atoms with E-state index in [0.717, 1.165) is 30.0 Å². The van der Waals surface area contributed by atoms with E-state index in [1.807, 2.05) is 18.2 Å². The third-order valence-electron chi connectivity index (χ3n) is 4.01. The molecule has 0 bridgehead atoms. The van der Waals surface area contributed by atoms with Gasteiger partial charge < -0.3 is 10.6 Å². The number of carbonyl (C=O) groups excluding carboxylic acids is 1. The third kappa shape index (κ3) is 2.93. The van der Waals surface area contributed by atoms with Gasteiger partial charge in [0.15, 0.2) is 0 Å². The lowest BCUT2D eigenvalue weighted by molar-refractivity contribution is 0.102. The Balaban J connectivity index is 1.47. The summed E-state index contributed by atoms with van der Waals surface area (Å²) >= 11 is 0. The molecular formula is C17H18N4O. The van der Waals surface area contributed by atoms with Gasteiger partial charge in [-0.2, -0.15) is 0 Å². The van der Waals surface area contributed by atoms with Gasteiger partial charge in [-0.25, -0.2) is 4.98 Å². The van der Waals surface area contributed by atoms with Gasteiger partial charge in [0.25, 0.3) is 5.91 Å². The number of pyridine rings is 2. The minimum atomic E-state index is -0.139. The van der Waals surface area contributed by atoms with Crippen LogP contribution in [0, 0.1) is 0 Å². The molecule has 0 atom stereocenters. The fourth-order valence-electron chi connectivity index (χ4n) is 2.45. The largest absolute Gasteiger partial charge is 0.367 e. The van der Waals surface area contributed by atoms with E-state index in [9.17, 15) is 4.79 Å². The molecule has 22 heavy (non-hydrogen) atoms. The van der Waals surface area contributed by atoms with Crippen molar-refractivity contribution in [3.05, 3.63) is 47.9 Å². The van der Waals surface area contributed by atoms with Crippen molar-refractivity contribution in [3.63, 3.8) is 0 Å². The number of carbonyl (C=O) groups is 1. The summed E-state index contributed by atoms with van der Waals surface area (Å²) in [4.78, 5) is 21.1. The lowest BCUT2D eigenvalue weighted by Gasteiger charge is -2.10. The van der Waals surface area contributed by atoms with E-state index in [0.29, 0.717) is 17.5 Å². The number of hydrogen-bond donors (Lipinski definition) is 2. The van der Waals surface area contributed by atoms with E-state index < -0.39 is 0 Å². The van der Waals surface area contributed by atoms with Crippen LogP contribution < -0.4 is 10.6 Å². The molecule has 2 fully saturated rings. The van der Waals surface area contributed by atoms with Crippen LogP contribution >= 0.6 is 0 Å². The molecule has 2 aromatic heterocycles. The van der Waals surface area contributed by atoms with Gasteiger partial charge in [0.1, 0.15) is 5.82 Å². The average molecular weight is 294 g/mol. The molecule has 2 saturated carbocycles. The number of anilines is 2. The molecule has 0 aromatic carbocycles. The summed E-state index contributed by atoms with van der Waals surface area (Å²) in [6, 6.07) is 7.99. The van der Waals surface area contributed by atoms with Crippen LogP contribution in [0.1, 0.15) is 47.7 Å². The number of hydrogen-bond acceptors (Lipinski definition) is 4. The van der Waals surface area contributed by atoms with Gasteiger partial charge in [0, 0.05) is 24.4 Å². The van der Waals surface area contributed by atoms with Crippen molar-refractivity contribution in [2.75, 3.05) is 10.6 Å². The summed E-state index contributed by atoms with van der Waals surface area (Å²) in [5.74, 6) is 1.19. The number of nitrogens with one attached hydrogen (secondary N) is 2. The molecule has 2 aliphatic carbocycles. The SMILES string of the molecule is O=C(Nc1cccnc1C1CC1)c1ccc(NC2CC2)nc1. The predicted molar refractivity (Wildman–Crippen MR) is 85.0 cm³/mol. The molecule has 0 spiro atoms. The molecule has 2 N–H and O–H groups in total. The Labute approximate surface area is 129 Å². The predicted octanol–water partition coefficient (Wildman–Crippen LogP) is 3.18. The Morgan fingerprint density at radius 3 is 2.64 bits per heavy atom. The highest BCUT2D eigenvalue weighted by molar-refractivity contribution is 6.04. The van der Waals surface area contributed by atoms with Gasteiger partial charge in [-0.3, -0.25) is 9.78 Å². The van der Waals surface area contributed by atoms with Crippen molar-refractivity contribution < 1.29 is 4.79 Å². The summed E-state index contributed by atoms with van der Waals surface area (Å²) in [5.41, 5.74) is 2.37. The van der Waals surface area contributed by atoms with Gasteiger partial charge in [0.05, 0.1) is 16.9 Å². The molecule has 0 radical (unpaired) electrons. The molecule has 0 unspecified atom stereocenters. The molecule has 5 heteroatoms. The van der Waals surface area contributed by atoms with Crippen LogP contribution in [0.4, 0.5) is 11.5 Å². The highest BCUT2D eigenvalue weighted by atomic mass is 16.1. The van der Waals surface area contributed by atoms with E-state index in [1.54, 1.807) is 18.5 Å². The topological polar surface area (TPSA) is 66.9 Å². The van der Waals surface area contributed by atoms with E-state index in [1.165, 1.54) is 12.8 Å². The first-order valence-corrected chi connectivity index (χ1v) is 7.78. The maximum Gasteiger partial charge on any atom is 0.257 e. The second-order valence-corrected chi connectivity index (χ2v) is 6.02. The maximum absolute atomic E-state index is 12.4. The maximum atomic E-state index is 12.4. The van der Waals surface area contributed by atoms with Crippen LogP contribution in [-0.4, -0.2) is 21.9 Å². The number of nitrogens with zero attached hydrogens (tertiary/aromatic N) is 2. The van der Waals surface area contributed by atoms with Crippen molar-refractivity contribution in [1.29, 1.82) is 0 Å². The van der Waals surface area contributed by atoms with Gasteiger partial charge >= 0.3 is 0 Å². The lowest BCUT2D eigenvalue weighted by Crippen LogP contribution is -2.14. The first kappa shape index (κ1) is 13.2. The zero-order chi connectivity index (χ0) is 14.9. The van der Waals surface area contributed by atoms with Gasteiger partial charge in [-0.15, -0.1) is 0 Å². The van der Waals surface area contributed by atoms with E-state index in [-0.39, 0.29) is 5.91 Å². The molecule has 4 rings (SSSR count). The fourth-order valence-corrected chi connectivity index (χ4v) is 2.45. The third-order valence-corrected chi connectivity index (χ3v) is 4.01. The van der Waals surface area contributed by atoms with Crippen molar-refractivity contribution in [2.45, 2.75) is 37.6 Å². The van der Waals surface area contributed by atoms with Crippen molar-refractivity contribution >= 4 is 17.4 Å². The average Bonchev–Trinajstić information content (AvgIpc) is 3.43. The smallest absolute Gasteiger partial charge is 0.257 e. The first-order chi connectivity index (χ1) is 10.8. The Morgan fingerprint density at radius 1 is 1.09 bits per heavy atom. The molecule has 2 aliphatic rings. The molecule has 0 saturated heterocycles. The number of aromatic nitrogens is 2. The summed E-state index contributed by atoms with van der Waals surface area (Å²) in [7, 11) is 0. The Hall–Kier alpha value is -2.43. The van der Waals surface area contributed by atoms with Crippen LogP contribution in [0.2, 0.25) is 0 Å². The highest BCUT2D eigenvalue weighted by Gasteiger charge is 2.28. The lowest BCUT2D eigenvalue weighted by atomic mass is 10.2. The summed E-state index contributed by atoms with van der Waals surface area (Å²) < 4.78 is 0. The zero-order valence-electron chi connectivity index (χ0n) is 12.2. The fraction of sp³-hybridized carbons (Fsp3) is 0.353. The standard InChI is InChI=1S/C17H18N4O/c22-17(12-5-8-15(19-10-12)20-13-6-7-13)21-14-2-1-9-18-16(14)11-3-4-11/h1-2,5,8-11,13H,3-4,6-7H2,(H,19,20)(H,21,22). The van der Waals surface area contributed by atoms with Crippen LogP contribution in [-0.2, 0) is 0 Å². The van der Waals surface area contributed by atoms with Crippen LogP contribution in [0.15, 0.2) is 36.7 Å². The molecule has 2 aromatic rings. The van der Waals surface area contributed by atoms with Gasteiger partial charge in [-0.1, -0.05) is 0 Å². The van der Waals surface area contributed by atoms with E-state index >= 15 is 0 Å². The minimum Gasteiger partial charge on any atom is -0.367 e. The normalized spacial score (nSPS) is 17.1. The second-order valence-electron chi connectivity index (χ2n) is 6.02. The number of rotatable bonds is 5. The van der Waals surface area contributed by atoms with E-state index in [4.69, 9.17) is 0 Å². The first-order valence-electron chi connectivity index (χ1n) is 7.78. The highest BCUT2D eigenvalue weighted by Crippen LogP contribution is 2.42. The van der Waals surface area contributed by atoms with Crippen molar-refractivity contribution in [3.8, 4) is 0 Å². The molecule has 2 heterocycles. The Morgan fingerprint density at radius 2 is 1.95 bits per heavy atom. The van der Waals surface area contributed by atoms with Crippen LogP contribution in [0.25, 0.3) is 0 Å². The van der Waals surface area contributed by atoms with Crippen LogP contribution in [0.3, 0.4) is 0 Å². The summed E-state index contributed by atoms with van der Waals surface area (Å²) in [5, 5.41) is 6.27. The Kier molecular flexibility index (Phi) is 3.25. The quantitative estimate of drug-likeness (QED) is 0.888. The summed E-state index contributed by atoms with van der Waals surface area (Å²) in [6.07, 6.45) is 8.12. The van der Waals surface area contributed by atoms with Crippen molar-refractivity contribution in [2.24, 2.45) is 0 Å². The second kappa shape index (κ2) is 5.40. The molecule has 112 valence electrons.